The van der Waals surface area contributed by atoms with Crippen LogP contribution in [0.2, 0.25) is 0 Å². The molecule has 0 bridgehead atoms. The zero-order valence-corrected chi connectivity index (χ0v) is 14.1. The van der Waals surface area contributed by atoms with Gasteiger partial charge >= 0.3 is 6.03 Å². The molecule has 1 fully saturated rings. The van der Waals surface area contributed by atoms with Gasteiger partial charge in [-0.1, -0.05) is 43.5 Å². The Bertz CT molecular complexity index is 753. The first-order valence-electron chi connectivity index (χ1n) is 8.95. The van der Waals surface area contributed by atoms with Crippen molar-refractivity contribution < 1.29 is 9.90 Å². The highest BCUT2D eigenvalue weighted by Crippen LogP contribution is 2.31. The molecule has 7 nitrogen and oxygen atoms in total. The molecule has 132 valence electrons. The van der Waals surface area contributed by atoms with E-state index in [2.05, 4.69) is 20.7 Å². The maximum absolute atomic E-state index is 12.3. The predicted molar refractivity (Wildman–Crippen MR) is 93.2 cm³/mol. The van der Waals surface area contributed by atoms with E-state index in [0.717, 1.165) is 24.0 Å². The third kappa shape index (κ3) is 3.37. The van der Waals surface area contributed by atoms with Crippen molar-refractivity contribution in [3.63, 3.8) is 0 Å². The molecule has 0 spiro atoms. The summed E-state index contributed by atoms with van der Waals surface area (Å²) in [5, 5.41) is 20.1. The number of hydrogen-bond acceptors (Lipinski definition) is 4. The quantitative estimate of drug-likeness (QED) is 0.800. The molecule has 4 rings (SSSR count). The molecule has 1 saturated carbocycles. The summed E-state index contributed by atoms with van der Waals surface area (Å²) in [6, 6.07) is 7.34. The van der Waals surface area contributed by atoms with Crippen LogP contribution in [0.3, 0.4) is 0 Å². The standard InChI is InChI=1S/C18H23N5O2/c24-15-10-12-6-4-5-9-14(12)16(15)20-18(25)21-17-19-11-23(22-17)13-7-2-1-3-8-13/h4-6,9,11,13,15-16,24H,1-3,7-8,10H2,(H2,20,21,22,25)/t15-,16+/m1/s1. The van der Waals surface area contributed by atoms with Gasteiger partial charge in [0.2, 0.25) is 5.95 Å². The number of hydrogen-bond donors (Lipinski definition) is 3. The molecule has 0 unspecified atom stereocenters. The van der Waals surface area contributed by atoms with E-state index in [1.54, 1.807) is 6.33 Å². The highest BCUT2D eigenvalue weighted by Gasteiger charge is 2.32. The first-order chi connectivity index (χ1) is 12.2. The van der Waals surface area contributed by atoms with Crippen LogP contribution < -0.4 is 10.6 Å². The molecule has 2 aliphatic rings. The van der Waals surface area contributed by atoms with Crippen molar-refractivity contribution >= 4 is 12.0 Å². The van der Waals surface area contributed by atoms with Gasteiger partial charge in [-0.25, -0.2) is 14.5 Å². The van der Waals surface area contributed by atoms with Crippen molar-refractivity contribution in [2.45, 2.75) is 56.7 Å². The zero-order chi connectivity index (χ0) is 17.2. The van der Waals surface area contributed by atoms with Crippen LogP contribution in [-0.2, 0) is 6.42 Å². The average Bonchev–Trinajstić information content (AvgIpc) is 3.21. The second kappa shape index (κ2) is 6.84. The van der Waals surface area contributed by atoms with Gasteiger partial charge in [0.05, 0.1) is 18.2 Å². The van der Waals surface area contributed by atoms with Crippen LogP contribution in [0.25, 0.3) is 0 Å². The van der Waals surface area contributed by atoms with Gasteiger partial charge in [-0.2, -0.15) is 0 Å². The van der Waals surface area contributed by atoms with E-state index in [-0.39, 0.29) is 0 Å². The van der Waals surface area contributed by atoms with Crippen LogP contribution in [0.5, 0.6) is 0 Å². The van der Waals surface area contributed by atoms with Crippen molar-refractivity contribution in [1.29, 1.82) is 0 Å². The second-order valence-electron chi connectivity index (χ2n) is 6.89. The topological polar surface area (TPSA) is 92.1 Å². The van der Waals surface area contributed by atoms with Crippen molar-refractivity contribution in [2.75, 3.05) is 5.32 Å². The number of carbonyl (C=O) groups is 1. The van der Waals surface area contributed by atoms with Gasteiger partial charge < -0.3 is 10.4 Å². The molecule has 1 aromatic heterocycles. The molecule has 0 aliphatic heterocycles. The maximum atomic E-state index is 12.3. The first-order valence-corrected chi connectivity index (χ1v) is 8.95. The van der Waals surface area contributed by atoms with Crippen LogP contribution in [0.15, 0.2) is 30.6 Å². The van der Waals surface area contributed by atoms with E-state index in [1.807, 2.05) is 28.9 Å². The number of aliphatic hydroxyl groups is 1. The van der Waals surface area contributed by atoms with Crippen LogP contribution in [0.4, 0.5) is 10.7 Å². The van der Waals surface area contributed by atoms with Crippen molar-refractivity contribution in [1.82, 2.24) is 20.1 Å². The van der Waals surface area contributed by atoms with Gasteiger partial charge in [-0.15, -0.1) is 5.10 Å². The fraction of sp³-hybridized carbons (Fsp3) is 0.500. The first kappa shape index (κ1) is 16.1. The average molecular weight is 341 g/mol. The molecule has 2 aromatic rings. The molecule has 2 atom stereocenters. The van der Waals surface area contributed by atoms with Crippen LogP contribution in [0, 0.1) is 0 Å². The summed E-state index contributed by atoms with van der Waals surface area (Å²) >= 11 is 0. The summed E-state index contributed by atoms with van der Waals surface area (Å²) in [5.41, 5.74) is 2.03. The molecule has 7 heteroatoms. The van der Waals surface area contributed by atoms with Gasteiger partial charge in [0.15, 0.2) is 0 Å². The Morgan fingerprint density at radius 2 is 2.00 bits per heavy atom. The zero-order valence-electron chi connectivity index (χ0n) is 14.1. The van der Waals surface area contributed by atoms with Crippen LogP contribution >= 0.6 is 0 Å². The lowest BCUT2D eigenvalue weighted by Crippen LogP contribution is -2.37. The predicted octanol–water partition coefficient (Wildman–Crippen LogP) is 2.56. The normalized spacial score (nSPS) is 23.2. The molecule has 3 N–H and O–H groups in total. The van der Waals surface area contributed by atoms with E-state index in [1.165, 1.54) is 19.3 Å². The number of amides is 2. The minimum absolute atomic E-state index is 0.295. The lowest BCUT2D eigenvalue weighted by molar-refractivity contribution is 0.144. The number of aliphatic hydroxyl groups excluding tert-OH is 1. The number of carbonyl (C=O) groups excluding carboxylic acids is 1. The van der Waals surface area contributed by atoms with Crippen molar-refractivity contribution in [3.05, 3.63) is 41.7 Å². The molecule has 2 amide bonds. The molecule has 1 heterocycles. The summed E-state index contributed by atoms with van der Waals surface area (Å²) in [6.07, 6.45) is 7.56. The largest absolute Gasteiger partial charge is 0.390 e. The highest BCUT2D eigenvalue weighted by molar-refractivity contribution is 5.87. The summed E-state index contributed by atoms with van der Waals surface area (Å²) in [5.74, 6) is 0.295. The Labute approximate surface area is 146 Å². The number of urea groups is 1. The molecule has 2 aliphatic carbocycles. The smallest absolute Gasteiger partial charge is 0.322 e. The van der Waals surface area contributed by atoms with Crippen molar-refractivity contribution in [2.24, 2.45) is 0 Å². The third-order valence-corrected chi connectivity index (χ3v) is 5.17. The second-order valence-corrected chi connectivity index (χ2v) is 6.89. The molecule has 25 heavy (non-hydrogen) atoms. The number of aromatic nitrogens is 3. The fourth-order valence-electron chi connectivity index (χ4n) is 3.88. The Hall–Kier alpha value is -2.41. The van der Waals surface area contributed by atoms with Crippen molar-refractivity contribution in [3.8, 4) is 0 Å². The van der Waals surface area contributed by atoms with E-state index < -0.39 is 18.2 Å². The van der Waals surface area contributed by atoms with E-state index in [0.29, 0.717) is 18.4 Å². The number of anilines is 1. The minimum atomic E-state index is -0.615. The van der Waals surface area contributed by atoms with Crippen LogP contribution in [-0.4, -0.2) is 32.0 Å². The van der Waals surface area contributed by atoms with Gasteiger partial charge in [-0.05, 0) is 24.0 Å². The van der Waals surface area contributed by atoms with Gasteiger partial charge in [0, 0.05) is 6.42 Å². The Morgan fingerprint density at radius 1 is 1.20 bits per heavy atom. The highest BCUT2D eigenvalue weighted by atomic mass is 16.3. The molecule has 0 radical (unpaired) electrons. The summed E-state index contributed by atoms with van der Waals surface area (Å²) in [4.78, 5) is 16.5. The van der Waals surface area contributed by atoms with Gasteiger partial charge in [0.25, 0.3) is 0 Å². The Morgan fingerprint density at radius 3 is 2.84 bits per heavy atom. The third-order valence-electron chi connectivity index (χ3n) is 5.17. The van der Waals surface area contributed by atoms with Crippen LogP contribution in [0.1, 0.15) is 55.3 Å². The maximum Gasteiger partial charge on any atom is 0.322 e. The number of fused-ring (bicyclic) bond motifs is 1. The molecular weight excluding hydrogens is 318 g/mol. The summed E-state index contributed by atoms with van der Waals surface area (Å²) in [7, 11) is 0. The Balaban J connectivity index is 1.39. The number of rotatable bonds is 3. The molecule has 0 saturated heterocycles. The summed E-state index contributed by atoms with van der Waals surface area (Å²) < 4.78 is 1.86. The van der Waals surface area contributed by atoms with Gasteiger partial charge in [-0.3, -0.25) is 5.32 Å². The van der Waals surface area contributed by atoms with Gasteiger partial charge in [0.1, 0.15) is 6.33 Å². The number of nitrogens with one attached hydrogen (secondary N) is 2. The minimum Gasteiger partial charge on any atom is -0.390 e. The molecular formula is C18H23N5O2. The number of benzene rings is 1. The lowest BCUT2D eigenvalue weighted by atomic mass is 9.96. The van der Waals surface area contributed by atoms with E-state index in [9.17, 15) is 9.90 Å². The SMILES string of the molecule is O=C(Nc1ncn(C2CCCCC2)n1)N[C@H]1c2ccccc2C[C@H]1O. The molecule has 1 aromatic carbocycles. The van der Waals surface area contributed by atoms with E-state index in [4.69, 9.17) is 0 Å². The number of nitrogens with zero attached hydrogens (tertiary/aromatic N) is 3. The van der Waals surface area contributed by atoms with E-state index >= 15 is 0 Å². The Kier molecular flexibility index (Phi) is 4.40. The lowest BCUT2D eigenvalue weighted by Gasteiger charge is -2.21. The fourth-order valence-corrected chi connectivity index (χ4v) is 3.88. The summed E-state index contributed by atoms with van der Waals surface area (Å²) in [6.45, 7) is 0. The monoisotopic (exact) mass is 341 g/mol.